The normalized spacial score (nSPS) is 11.8. The van der Waals surface area contributed by atoms with E-state index in [0.717, 1.165) is 33.7 Å². The minimum Gasteiger partial charge on any atom is -0.436 e. The van der Waals surface area contributed by atoms with Crippen LogP contribution >= 0.6 is 11.8 Å². The summed E-state index contributed by atoms with van der Waals surface area (Å²) >= 11 is 1.44. The van der Waals surface area contributed by atoms with E-state index in [1.165, 1.54) is 11.8 Å². The molecule has 1 N–H and O–H groups in total. The monoisotopic (exact) mass is 306 g/mol. The molecule has 0 fully saturated rings. The number of hydrogen-bond acceptors (Lipinski definition) is 6. The van der Waals surface area contributed by atoms with Crippen molar-refractivity contribution in [2.45, 2.75) is 57.2 Å². The minimum atomic E-state index is -0.114. The number of hydrogen-bond donors (Lipinski definition) is 1. The third kappa shape index (κ3) is 3.37. The molecule has 0 saturated heterocycles. The van der Waals surface area contributed by atoms with Crippen molar-refractivity contribution in [1.29, 1.82) is 0 Å². The average Bonchev–Trinajstić information content (AvgIpc) is 2.69. The van der Waals surface area contributed by atoms with E-state index in [1.54, 1.807) is 0 Å². The number of oxazole rings is 1. The van der Waals surface area contributed by atoms with Crippen molar-refractivity contribution >= 4 is 17.6 Å². The molecule has 0 saturated carbocycles. The number of nitrogens with one attached hydrogen (secondary N) is 1. The molecule has 0 aromatic carbocycles. The van der Waals surface area contributed by atoms with Gasteiger partial charge in [0.25, 0.3) is 5.22 Å². The van der Waals surface area contributed by atoms with Crippen LogP contribution in [0, 0.1) is 20.8 Å². The molecule has 2 rings (SSSR count). The number of nitrogens with zero attached hydrogens (tertiary/aromatic N) is 3. The van der Waals surface area contributed by atoms with E-state index in [0.29, 0.717) is 5.22 Å². The summed E-state index contributed by atoms with van der Waals surface area (Å²) in [6.45, 7) is 12.2. The standard InChI is InChI=1S/C15H22N4OS/c1-8-11(16-7)18-13(15(4,5)6)19-12(8)21-14-17-9(2)10(3)20-14/h1-7H3,(H,16,18,19). The molecule has 5 nitrogen and oxygen atoms in total. The van der Waals surface area contributed by atoms with Gasteiger partial charge in [-0.3, -0.25) is 0 Å². The Morgan fingerprint density at radius 2 is 1.71 bits per heavy atom. The molecule has 6 heteroatoms. The summed E-state index contributed by atoms with van der Waals surface area (Å²) in [5, 5.41) is 4.63. The van der Waals surface area contributed by atoms with Crippen LogP contribution < -0.4 is 5.32 Å². The molecule has 0 bridgehead atoms. The van der Waals surface area contributed by atoms with Crippen molar-refractivity contribution in [3.05, 3.63) is 22.8 Å². The lowest BCUT2D eigenvalue weighted by atomic mass is 9.95. The van der Waals surface area contributed by atoms with Crippen LogP contribution in [-0.4, -0.2) is 22.0 Å². The molecule has 0 atom stereocenters. The number of aryl methyl sites for hydroxylation is 2. The largest absolute Gasteiger partial charge is 0.436 e. The van der Waals surface area contributed by atoms with Gasteiger partial charge in [-0.15, -0.1) is 0 Å². The van der Waals surface area contributed by atoms with Gasteiger partial charge in [-0.1, -0.05) is 20.8 Å². The van der Waals surface area contributed by atoms with Crippen molar-refractivity contribution in [2.24, 2.45) is 0 Å². The lowest BCUT2D eigenvalue weighted by Crippen LogP contribution is -2.18. The highest BCUT2D eigenvalue weighted by Crippen LogP contribution is 2.33. The molecule has 114 valence electrons. The summed E-state index contributed by atoms with van der Waals surface area (Å²) in [5.74, 6) is 2.49. The third-order valence-corrected chi connectivity index (χ3v) is 4.14. The van der Waals surface area contributed by atoms with E-state index in [1.807, 2.05) is 27.8 Å². The van der Waals surface area contributed by atoms with Crippen LogP contribution in [-0.2, 0) is 5.41 Å². The molecular formula is C15H22N4OS. The molecular weight excluding hydrogens is 284 g/mol. The second-order valence-electron chi connectivity index (χ2n) is 6.05. The summed E-state index contributed by atoms with van der Waals surface area (Å²) in [6, 6.07) is 0. The molecule has 2 aromatic heterocycles. The molecule has 0 spiro atoms. The zero-order chi connectivity index (χ0) is 15.8. The van der Waals surface area contributed by atoms with Gasteiger partial charge in [-0.2, -0.15) is 0 Å². The quantitative estimate of drug-likeness (QED) is 0.868. The first-order valence-electron chi connectivity index (χ1n) is 6.91. The first kappa shape index (κ1) is 15.8. The molecule has 0 unspecified atom stereocenters. The van der Waals surface area contributed by atoms with Crippen molar-refractivity contribution in [2.75, 3.05) is 12.4 Å². The smallest absolute Gasteiger partial charge is 0.262 e. The Balaban J connectivity index is 2.46. The van der Waals surface area contributed by atoms with Crippen LogP contribution in [0.3, 0.4) is 0 Å². The van der Waals surface area contributed by atoms with E-state index in [2.05, 4.69) is 36.1 Å². The molecule has 0 aliphatic carbocycles. The van der Waals surface area contributed by atoms with Gasteiger partial charge in [-0.05, 0) is 32.5 Å². The summed E-state index contributed by atoms with van der Waals surface area (Å²) in [4.78, 5) is 13.7. The van der Waals surface area contributed by atoms with Crippen LogP contribution in [0.15, 0.2) is 14.7 Å². The lowest BCUT2D eigenvalue weighted by molar-refractivity contribution is 0.430. The highest BCUT2D eigenvalue weighted by Gasteiger charge is 2.22. The summed E-state index contributed by atoms with van der Waals surface area (Å²) in [5.41, 5.74) is 1.80. The molecule has 21 heavy (non-hydrogen) atoms. The minimum absolute atomic E-state index is 0.114. The number of anilines is 1. The number of rotatable bonds is 3. The Kier molecular flexibility index (Phi) is 4.27. The first-order chi connectivity index (χ1) is 9.72. The predicted molar refractivity (Wildman–Crippen MR) is 85.1 cm³/mol. The van der Waals surface area contributed by atoms with Crippen molar-refractivity contribution in [1.82, 2.24) is 15.0 Å². The Hall–Kier alpha value is -1.56. The Morgan fingerprint density at radius 3 is 2.19 bits per heavy atom. The van der Waals surface area contributed by atoms with E-state index in [9.17, 15) is 0 Å². The highest BCUT2D eigenvalue weighted by atomic mass is 32.2. The van der Waals surface area contributed by atoms with E-state index in [-0.39, 0.29) is 5.41 Å². The van der Waals surface area contributed by atoms with Gasteiger partial charge >= 0.3 is 0 Å². The van der Waals surface area contributed by atoms with Gasteiger partial charge in [0, 0.05) is 18.0 Å². The fourth-order valence-corrected chi connectivity index (χ4v) is 2.64. The van der Waals surface area contributed by atoms with Gasteiger partial charge in [0.1, 0.15) is 22.4 Å². The highest BCUT2D eigenvalue weighted by molar-refractivity contribution is 7.99. The van der Waals surface area contributed by atoms with Crippen LogP contribution in [0.25, 0.3) is 0 Å². The SMILES string of the molecule is CNc1nc(C(C)(C)C)nc(Sc2nc(C)c(C)o2)c1C. The van der Waals surface area contributed by atoms with Crippen LogP contribution in [0.1, 0.15) is 43.6 Å². The van der Waals surface area contributed by atoms with E-state index >= 15 is 0 Å². The van der Waals surface area contributed by atoms with Crippen LogP contribution in [0.4, 0.5) is 5.82 Å². The van der Waals surface area contributed by atoms with Gasteiger partial charge in [0.15, 0.2) is 0 Å². The van der Waals surface area contributed by atoms with Crippen LogP contribution in [0.2, 0.25) is 0 Å². The van der Waals surface area contributed by atoms with Gasteiger partial charge in [0.05, 0.1) is 5.69 Å². The second kappa shape index (κ2) is 5.67. The Bertz CT molecular complexity index is 639. The number of aromatic nitrogens is 3. The van der Waals surface area contributed by atoms with Crippen molar-refractivity contribution in [3.8, 4) is 0 Å². The average molecular weight is 306 g/mol. The van der Waals surface area contributed by atoms with E-state index in [4.69, 9.17) is 9.40 Å². The first-order valence-corrected chi connectivity index (χ1v) is 7.72. The Labute approximate surface area is 130 Å². The van der Waals surface area contributed by atoms with Crippen molar-refractivity contribution in [3.63, 3.8) is 0 Å². The fraction of sp³-hybridized carbons (Fsp3) is 0.533. The second-order valence-corrected chi connectivity index (χ2v) is 6.99. The maximum absolute atomic E-state index is 5.64. The fourth-order valence-electron chi connectivity index (χ4n) is 1.74. The van der Waals surface area contributed by atoms with Gasteiger partial charge in [0.2, 0.25) is 0 Å². The summed E-state index contributed by atoms with van der Waals surface area (Å²) in [6.07, 6.45) is 0. The predicted octanol–water partition coefficient (Wildman–Crippen LogP) is 3.88. The molecule has 0 radical (unpaired) electrons. The van der Waals surface area contributed by atoms with Gasteiger partial charge in [-0.25, -0.2) is 15.0 Å². The van der Waals surface area contributed by atoms with Crippen LogP contribution in [0.5, 0.6) is 0 Å². The van der Waals surface area contributed by atoms with Crippen molar-refractivity contribution < 1.29 is 4.42 Å². The third-order valence-electron chi connectivity index (χ3n) is 3.20. The summed E-state index contributed by atoms with van der Waals surface area (Å²) in [7, 11) is 1.87. The maximum atomic E-state index is 5.64. The molecule has 0 aliphatic heterocycles. The zero-order valence-corrected chi connectivity index (χ0v) is 14.5. The molecule has 0 aliphatic rings. The maximum Gasteiger partial charge on any atom is 0.262 e. The lowest BCUT2D eigenvalue weighted by Gasteiger charge is -2.19. The molecule has 2 heterocycles. The molecule has 0 amide bonds. The Morgan fingerprint density at radius 1 is 1.05 bits per heavy atom. The van der Waals surface area contributed by atoms with E-state index < -0.39 is 0 Å². The molecule has 2 aromatic rings. The zero-order valence-electron chi connectivity index (χ0n) is 13.7. The topological polar surface area (TPSA) is 63.8 Å². The van der Waals surface area contributed by atoms with Gasteiger partial charge < -0.3 is 9.73 Å². The summed E-state index contributed by atoms with van der Waals surface area (Å²) < 4.78 is 5.64.